The van der Waals surface area contributed by atoms with Crippen molar-refractivity contribution in [2.75, 3.05) is 11.5 Å². The van der Waals surface area contributed by atoms with Gasteiger partial charge in [-0.3, -0.25) is 0 Å². The van der Waals surface area contributed by atoms with E-state index in [4.69, 9.17) is 15.1 Å². The Hall–Kier alpha value is -1.76. The van der Waals surface area contributed by atoms with Crippen molar-refractivity contribution in [3.05, 3.63) is 29.8 Å². The minimum atomic E-state index is -4.00. The summed E-state index contributed by atoms with van der Waals surface area (Å²) in [6.45, 7) is 0. The number of nitrogens with one attached hydrogen (secondary N) is 1. The topological polar surface area (TPSA) is 116 Å². The van der Waals surface area contributed by atoms with Gasteiger partial charge in [-0.1, -0.05) is 6.07 Å². The molecule has 0 spiro atoms. The smallest absolute Gasteiger partial charge is 0.450 e. The molecule has 0 aromatic heterocycles. The van der Waals surface area contributed by atoms with Crippen LogP contribution >= 0.6 is 11.8 Å². The molecule has 22 heavy (non-hydrogen) atoms. The lowest BCUT2D eigenvalue weighted by Crippen LogP contribution is -2.53. The van der Waals surface area contributed by atoms with Crippen molar-refractivity contribution >= 4 is 27.9 Å². The van der Waals surface area contributed by atoms with Crippen LogP contribution in [0.25, 0.3) is 0 Å². The summed E-state index contributed by atoms with van der Waals surface area (Å²) in [5.74, 6) is 1.18. The Kier molecular flexibility index (Phi) is 4.95. The van der Waals surface area contributed by atoms with Crippen LogP contribution in [0.2, 0.25) is 0 Å². The Bertz CT molecular complexity index is 705. The van der Waals surface area contributed by atoms with Crippen molar-refractivity contribution in [2.24, 2.45) is 0 Å². The van der Waals surface area contributed by atoms with Crippen LogP contribution in [0.4, 0.5) is 4.79 Å². The molecule has 1 aliphatic heterocycles. The van der Waals surface area contributed by atoms with Crippen LogP contribution in [0.1, 0.15) is 18.4 Å². The fraction of sp³-hybridized carbons (Fsp3) is 0.385. The normalized spacial score (nSPS) is 17.4. The summed E-state index contributed by atoms with van der Waals surface area (Å²) in [5.41, 5.74) is -1.26. The summed E-state index contributed by atoms with van der Waals surface area (Å²) >= 11 is 1.60. The molecule has 2 rings (SSSR count). The number of nitriles is 1. The highest BCUT2D eigenvalue weighted by Gasteiger charge is 2.40. The minimum absolute atomic E-state index is 0.0989. The molecule has 0 unspecified atom stereocenters. The van der Waals surface area contributed by atoms with Crippen LogP contribution in [0, 0.1) is 11.3 Å². The zero-order valence-electron chi connectivity index (χ0n) is 11.5. The van der Waals surface area contributed by atoms with Crippen LogP contribution in [-0.4, -0.2) is 36.9 Å². The summed E-state index contributed by atoms with van der Waals surface area (Å²) in [6.07, 6.45) is -1.03. The second-order valence-electron chi connectivity index (χ2n) is 4.72. The van der Waals surface area contributed by atoms with Gasteiger partial charge in [-0.05, 0) is 29.7 Å². The molecule has 1 aromatic carbocycles. The van der Waals surface area contributed by atoms with Gasteiger partial charge in [0.1, 0.15) is 0 Å². The van der Waals surface area contributed by atoms with Gasteiger partial charge in [-0.2, -0.15) is 21.7 Å². The Morgan fingerprint density at radius 1 is 1.41 bits per heavy atom. The summed E-state index contributed by atoms with van der Waals surface area (Å²) in [5, 5.41) is 17.7. The highest BCUT2D eigenvalue weighted by molar-refractivity contribution is 7.99. The molecule has 1 saturated heterocycles. The van der Waals surface area contributed by atoms with Gasteiger partial charge in [-0.25, -0.2) is 13.2 Å². The first-order valence-electron chi connectivity index (χ1n) is 6.41. The number of nitrogens with zero attached hydrogens (tertiary/aromatic N) is 1. The highest BCUT2D eigenvalue weighted by Crippen LogP contribution is 2.30. The van der Waals surface area contributed by atoms with Crippen molar-refractivity contribution in [2.45, 2.75) is 23.5 Å². The number of carboxylic acid groups (broad SMARTS) is 1. The molecule has 0 saturated carbocycles. The zero-order chi connectivity index (χ0) is 16.2. The standard InChI is InChI=1S/C13H14N2O5S2/c14-9-10-2-1-3-11(8-10)22(18,19)15-13(20-12(16)17)4-6-21-7-5-13/h1-3,8,15H,4-7H2,(H,16,17). The SMILES string of the molecule is N#Cc1cccc(S(=O)(=O)NC2(OC(=O)O)CCSCC2)c1. The van der Waals surface area contributed by atoms with E-state index in [9.17, 15) is 13.2 Å². The van der Waals surface area contributed by atoms with Crippen LogP contribution in [0.3, 0.4) is 0 Å². The molecule has 7 nitrogen and oxygen atoms in total. The number of sulfonamides is 1. The molecule has 0 atom stereocenters. The van der Waals surface area contributed by atoms with Gasteiger partial charge in [0.15, 0.2) is 5.72 Å². The maximum absolute atomic E-state index is 12.5. The van der Waals surface area contributed by atoms with Crippen molar-refractivity contribution in [1.82, 2.24) is 4.72 Å². The first-order valence-corrected chi connectivity index (χ1v) is 9.04. The number of carbonyl (C=O) groups is 1. The van der Waals surface area contributed by atoms with Crippen molar-refractivity contribution < 1.29 is 23.1 Å². The van der Waals surface area contributed by atoms with Crippen LogP contribution in [0.15, 0.2) is 29.2 Å². The molecule has 1 heterocycles. The van der Waals surface area contributed by atoms with Gasteiger partial charge in [0, 0.05) is 12.8 Å². The third-order valence-corrected chi connectivity index (χ3v) is 5.68. The second kappa shape index (κ2) is 6.56. The number of rotatable bonds is 4. The average Bonchev–Trinajstić information content (AvgIpc) is 2.46. The Labute approximate surface area is 132 Å². The van der Waals surface area contributed by atoms with E-state index in [2.05, 4.69) is 4.72 Å². The molecule has 118 valence electrons. The van der Waals surface area contributed by atoms with E-state index < -0.39 is 21.9 Å². The minimum Gasteiger partial charge on any atom is -0.450 e. The molecule has 1 aliphatic rings. The van der Waals surface area contributed by atoms with Crippen LogP contribution in [0.5, 0.6) is 0 Å². The molecule has 0 bridgehead atoms. The van der Waals surface area contributed by atoms with Crippen molar-refractivity contribution in [3.63, 3.8) is 0 Å². The van der Waals surface area contributed by atoms with E-state index in [-0.39, 0.29) is 23.3 Å². The lowest BCUT2D eigenvalue weighted by molar-refractivity contribution is -0.0317. The maximum Gasteiger partial charge on any atom is 0.507 e. The van der Waals surface area contributed by atoms with Gasteiger partial charge in [0.25, 0.3) is 0 Å². The van der Waals surface area contributed by atoms with Gasteiger partial charge in [0.2, 0.25) is 10.0 Å². The average molecular weight is 342 g/mol. The lowest BCUT2D eigenvalue weighted by Gasteiger charge is -2.35. The first kappa shape index (κ1) is 16.6. The predicted molar refractivity (Wildman–Crippen MR) is 79.9 cm³/mol. The van der Waals surface area contributed by atoms with Crippen LogP contribution < -0.4 is 4.72 Å². The van der Waals surface area contributed by atoms with Crippen molar-refractivity contribution in [1.29, 1.82) is 5.26 Å². The number of hydrogen-bond acceptors (Lipinski definition) is 6. The quantitative estimate of drug-likeness (QED) is 0.632. The van der Waals surface area contributed by atoms with Gasteiger partial charge < -0.3 is 9.84 Å². The molecule has 0 aliphatic carbocycles. The van der Waals surface area contributed by atoms with E-state index in [0.29, 0.717) is 11.5 Å². The van der Waals surface area contributed by atoms with Crippen molar-refractivity contribution in [3.8, 4) is 6.07 Å². The highest BCUT2D eigenvalue weighted by atomic mass is 32.2. The fourth-order valence-electron chi connectivity index (χ4n) is 2.13. The first-order chi connectivity index (χ1) is 10.4. The third-order valence-electron chi connectivity index (χ3n) is 3.18. The van der Waals surface area contributed by atoms with Gasteiger partial charge in [-0.15, -0.1) is 0 Å². The Morgan fingerprint density at radius 3 is 2.68 bits per heavy atom. The summed E-state index contributed by atoms with van der Waals surface area (Å²) in [4.78, 5) is 10.8. The second-order valence-corrected chi connectivity index (χ2v) is 7.63. The summed E-state index contributed by atoms with van der Waals surface area (Å²) < 4.78 is 32.1. The van der Waals surface area contributed by atoms with E-state index in [1.165, 1.54) is 24.3 Å². The molecule has 1 fully saturated rings. The monoisotopic (exact) mass is 342 g/mol. The lowest BCUT2D eigenvalue weighted by atomic mass is 10.1. The molecular formula is C13H14N2O5S2. The van der Waals surface area contributed by atoms with Crippen LogP contribution in [-0.2, 0) is 14.8 Å². The van der Waals surface area contributed by atoms with E-state index >= 15 is 0 Å². The molecule has 0 radical (unpaired) electrons. The van der Waals surface area contributed by atoms with E-state index in [0.717, 1.165) is 0 Å². The number of thioether (sulfide) groups is 1. The number of ether oxygens (including phenoxy) is 1. The fourth-order valence-corrected chi connectivity index (χ4v) is 4.68. The Balaban J connectivity index is 2.31. The number of benzene rings is 1. The Morgan fingerprint density at radius 2 is 2.09 bits per heavy atom. The molecular weight excluding hydrogens is 328 g/mol. The van der Waals surface area contributed by atoms with Gasteiger partial charge >= 0.3 is 6.16 Å². The molecule has 9 heteroatoms. The molecule has 0 amide bonds. The molecule has 1 aromatic rings. The van der Waals surface area contributed by atoms with E-state index in [1.807, 2.05) is 6.07 Å². The number of hydrogen-bond donors (Lipinski definition) is 2. The summed E-state index contributed by atoms with van der Waals surface area (Å²) in [6, 6.07) is 7.38. The van der Waals surface area contributed by atoms with Gasteiger partial charge in [0.05, 0.1) is 16.5 Å². The maximum atomic E-state index is 12.5. The summed E-state index contributed by atoms with van der Waals surface area (Å²) in [7, 11) is -4.00. The largest absolute Gasteiger partial charge is 0.507 e. The third kappa shape index (κ3) is 3.91. The molecule has 2 N–H and O–H groups in total. The zero-order valence-corrected chi connectivity index (χ0v) is 13.1. The predicted octanol–water partition coefficient (Wildman–Crippen LogP) is 1.75. The van der Waals surface area contributed by atoms with E-state index in [1.54, 1.807) is 11.8 Å².